The number of fused-ring (bicyclic) bond motifs is 3. The third-order valence-corrected chi connectivity index (χ3v) is 5.85. The van der Waals surface area contributed by atoms with Crippen molar-refractivity contribution >= 4 is 5.91 Å². The Labute approximate surface area is 206 Å². The topological polar surface area (TPSA) is 78.1 Å². The smallest absolute Gasteiger partial charge is 0.251 e. The highest BCUT2D eigenvalue weighted by Gasteiger charge is 2.13. The minimum absolute atomic E-state index is 0.150. The molecule has 0 aliphatic carbocycles. The molecule has 1 aliphatic heterocycles. The van der Waals surface area contributed by atoms with Gasteiger partial charge in [0.25, 0.3) is 5.91 Å². The average molecular weight is 477 g/mol. The Morgan fingerprint density at radius 1 is 0.943 bits per heavy atom. The summed E-state index contributed by atoms with van der Waals surface area (Å²) in [6.07, 6.45) is 0.667. The third kappa shape index (κ3) is 6.74. The fraction of sp³-hybridized carbons (Fsp3) is 0.321. The fourth-order valence-corrected chi connectivity index (χ4v) is 4.03. The van der Waals surface area contributed by atoms with E-state index in [1.165, 1.54) is 11.1 Å². The van der Waals surface area contributed by atoms with E-state index in [9.17, 15) is 4.79 Å². The molecule has 35 heavy (non-hydrogen) atoms. The van der Waals surface area contributed by atoms with Gasteiger partial charge in [-0.2, -0.15) is 0 Å². The number of carbonyl (C=O) groups excluding carboxylic acids is 1. The first kappa shape index (κ1) is 24.6. The number of benzene rings is 3. The van der Waals surface area contributed by atoms with Crippen LogP contribution in [0.4, 0.5) is 0 Å². The number of hydrogen-bond donors (Lipinski definition) is 2. The minimum Gasteiger partial charge on any atom is -0.493 e. The molecule has 2 bridgehead atoms. The van der Waals surface area contributed by atoms with Gasteiger partial charge in [-0.15, -0.1) is 0 Å². The molecule has 7 heteroatoms. The van der Waals surface area contributed by atoms with Crippen molar-refractivity contribution in [2.24, 2.45) is 0 Å². The van der Waals surface area contributed by atoms with Crippen LogP contribution >= 0.6 is 0 Å². The number of amides is 1. The molecule has 3 aromatic carbocycles. The van der Waals surface area contributed by atoms with E-state index in [2.05, 4.69) is 34.9 Å². The van der Waals surface area contributed by atoms with Crippen molar-refractivity contribution in [2.75, 3.05) is 40.6 Å². The number of rotatable bonds is 5. The predicted octanol–water partition coefficient (Wildman–Crippen LogP) is 3.72. The van der Waals surface area contributed by atoms with E-state index in [0.717, 1.165) is 30.0 Å². The van der Waals surface area contributed by atoms with Crippen LogP contribution in [0.5, 0.6) is 17.2 Å². The highest BCUT2D eigenvalue weighted by Crippen LogP contribution is 2.28. The summed E-state index contributed by atoms with van der Waals surface area (Å²) in [6.45, 7) is 3.56. The molecule has 0 spiro atoms. The maximum atomic E-state index is 13.0. The molecule has 0 saturated heterocycles. The second kappa shape index (κ2) is 12.2. The van der Waals surface area contributed by atoms with Crippen molar-refractivity contribution in [1.82, 2.24) is 10.6 Å². The van der Waals surface area contributed by atoms with Crippen LogP contribution in [-0.4, -0.2) is 46.5 Å². The standard InChI is InChI=1S/C28H32N2O5/c1-32-26-8-6-22(16-27(26)33-2)19-30-28(31)23-7-9-25-24(17-23)15-20-4-3-5-21(14-20)18-29-10-11-34-12-13-35-25/h3-9,14,16-17,29H,10-13,15,18-19H2,1-2H3,(H,30,31). The van der Waals surface area contributed by atoms with Crippen molar-refractivity contribution in [3.05, 3.63) is 88.5 Å². The van der Waals surface area contributed by atoms with E-state index in [-0.39, 0.29) is 5.91 Å². The van der Waals surface area contributed by atoms with Gasteiger partial charge in [0.1, 0.15) is 12.4 Å². The van der Waals surface area contributed by atoms with Crippen LogP contribution in [0.15, 0.2) is 60.7 Å². The summed E-state index contributed by atoms with van der Waals surface area (Å²) in [5.74, 6) is 1.90. The molecule has 0 atom stereocenters. The molecule has 184 valence electrons. The van der Waals surface area contributed by atoms with E-state index >= 15 is 0 Å². The molecule has 4 rings (SSSR count). The van der Waals surface area contributed by atoms with Gasteiger partial charge < -0.3 is 29.6 Å². The number of ether oxygens (including phenoxy) is 4. The van der Waals surface area contributed by atoms with Crippen molar-refractivity contribution in [3.63, 3.8) is 0 Å². The first-order chi connectivity index (χ1) is 17.2. The average Bonchev–Trinajstić information content (AvgIpc) is 2.89. The first-order valence-corrected chi connectivity index (χ1v) is 11.8. The Kier molecular flexibility index (Phi) is 8.59. The van der Waals surface area contributed by atoms with E-state index < -0.39 is 0 Å². The molecular weight excluding hydrogens is 444 g/mol. The van der Waals surface area contributed by atoms with Crippen molar-refractivity contribution in [1.29, 1.82) is 0 Å². The summed E-state index contributed by atoms with van der Waals surface area (Å²) in [5.41, 5.74) is 4.85. The van der Waals surface area contributed by atoms with Crippen LogP contribution < -0.4 is 24.8 Å². The Hall–Kier alpha value is -3.55. The molecule has 0 fully saturated rings. The number of nitrogens with one attached hydrogen (secondary N) is 2. The minimum atomic E-state index is -0.150. The fourth-order valence-electron chi connectivity index (χ4n) is 4.03. The van der Waals surface area contributed by atoms with E-state index in [1.54, 1.807) is 20.3 Å². The van der Waals surface area contributed by atoms with Gasteiger partial charge in [-0.05, 0) is 52.6 Å². The Morgan fingerprint density at radius 3 is 2.66 bits per heavy atom. The lowest BCUT2D eigenvalue weighted by Gasteiger charge is -2.16. The van der Waals surface area contributed by atoms with Gasteiger partial charge in [0, 0.05) is 31.6 Å². The van der Waals surface area contributed by atoms with Crippen LogP contribution in [0.1, 0.15) is 32.6 Å². The zero-order valence-corrected chi connectivity index (χ0v) is 20.3. The predicted molar refractivity (Wildman–Crippen MR) is 134 cm³/mol. The first-order valence-electron chi connectivity index (χ1n) is 11.8. The molecule has 1 aliphatic rings. The van der Waals surface area contributed by atoms with Crippen LogP contribution in [0.3, 0.4) is 0 Å². The largest absolute Gasteiger partial charge is 0.493 e. The maximum absolute atomic E-state index is 13.0. The summed E-state index contributed by atoms with van der Waals surface area (Å²) >= 11 is 0. The molecule has 3 aromatic rings. The monoisotopic (exact) mass is 476 g/mol. The molecule has 1 amide bonds. The van der Waals surface area contributed by atoms with Gasteiger partial charge in [0.15, 0.2) is 11.5 Å². The highest BCUT2D eigenvalue weighted by molar-refractivity contribution is 5.94. The molecular formula is C28H32N2O5. The Balaban J connectivity index is 1.51. The molecule has 0 saturated carbocycles. The summed E-state index contributed by atoms with van der Waals surface area (Å²) in [6, 6.07) is 19.6. The SMILES string of the molecule is COc1ccc(CNC(=O)c2ccc3c(c2)Cc2cccc(c2)CNCCOCCO3)cc1OC. The van der Waals surface area contributed by atoms with Crippen molar-refractivity contribution in [2.45, 2.75) is 19.5 Å². The van der Waals surface area contributed by atoms with Crippen LogP contribution in [0.2, 0.25) is 0 Å². The van der Waals surface area contributed by atoms with E-state index in [1.807, 2.05) is 30.3 Å². The van der Waals surface area contributed by atoms with Gasteiger partial charge in [-0.1, -0.05) is 30.3 Å². The second-order valence-electron chi connectivity index (χ2n) is 8.33. The zero-order valence-electron chi connectivity index (χ0n) is 20.3. The van der Waals surface area contributed by atoms with Crippen LogP contribution in [0.25, 0.3) is 0 Å². The Morgan fingerprint density at radius 2 is 1.80 bits per heavy atom. The molecule has 2 N–H and O–H groups in total. The molecule has 7 nitrogen and oxygen atoms in total. The molecule has 1 heterocycles. The molecule has 0 aromatic heterocycles. The molecule has 0 unspecified atom stereocenters. The van der Waals surface area contributed by atoms with Gasteiger partial charge >= 0.3 is 0 Å². The van der Waals surface area contributed by atoms with E-state index in [4.69, 9.17) is 18.9 Å². The van der Waals surface area contributed by atoms with Gasteiger partial charge in [0.05, 0.1) is 27.4 Å². The second-order valence-corrected chi connectivity index (χ2v) is 8.33. The van der Waals surface area contributed by atoms with Crippen molar-refractivity contribution in [3.8, 4) is 17.2 Å². The van der Waals surface area contributed by atoms with Gasteiger partial charge in [-0.3, -0.25) is 4.79 Å². The third-order valence-electron chi connectivity index (χ3n) is 5.85. The summed E-state index contributed by atoms with van der Waals surface area (Å²) < 4.78 is 22.3. The number of hydrogen-bond acceptors (Lipinski definition) is 6. The summed E-state index contributed by atoms with van der Waals surface area (Å²) in [7, 11) is 3.19. The highest BCUT2D eigenvalue weighted by atomic mass is 16.5. The lowest BCUT2D eigenvalue weighted by atomic mass is 9.99. The van der Waals surface area contributed by atoms with Crippen LogP contribution in [0, 0.1) is 0 Å². The number of methoxy groups -OCH3 is 2. The van der Waals surface area contributed by atoms with Crippen molar-refractivity contribution < 1.29 is 23.7 Å². The molecule has 0 radical (unpaired) electrons. The number of carbonyl (C=O) groups is 1. The Bertz CT molecular complexity index is 1150. The lowest BCUT2D eigenvalue weighted by Crippen LogP contribution is -2.23. The van der Waals surface area contributed by atoms with Gasteiger partial charge in [-0.25, -0.2) is 0 Å². The van der Waals surface area contributed by atoms with E-state index in [0.29, 0.717) is 49.8 Å². The quantitative estimate of drug-likeness (QED) is 0.585. The van der Waals surface area contributed by atoms with Crippen LogP contribution in [-0.2, 0) is 24.2 Å². The summed E-state index contributed by atoms with van der Waals surface area (Å²) in [5, 5.41) is 6.39. The normalized spacial score (nSPS) is 14.1. The van der Waals surface area contributed by atoms with Gasteiger partial charge in [0.2, 0.25) is 0 Å². The lowest BCUT2D eigenvalue weighted by molar-refractivity contribution is 0.0949. The maximum Gasteiger partial charge on any atom is 0.251 e. The zero-order chi connectivity index (χ0) is 24.5. The summed E-state index contributed by atoms with van der Waals surface area (Å²) in [4.78, 5) is 13.0.